The van der Waals surface area contributed by atoms with Crippen molar-refractivity contribution in [2.24, 2.45) is 0 Å². The van der Waals surface area contributed by atoms with Gasteiger partial charge in [0.05, 0.1) is 0 Å². The summed E-state index contributed by atoms with van der Waals surface area (Å²) >= 11 is 9.51. The minimum Gasteiger partial charge on any atom is -0.384 e. The molecule has 2 rings (SSSR count). The van der Waals surface area contributed by atoms with Gasteiger partial charge in [0.25, 0.3) is 0 Å². The highest BCUT2D eigenvalue weighted by atomic mass is 32.1. The zero-order chi connectivity index (χ0) is 24.9. The number of nitrogens with one attached hydrogen (secondary N) is 1. The molecular weight excluding hydrogens is 558 g/mol. The lowest BCUT2D eigenvalue weighted by Gasteiger charge is -2.33. The second-order valence-electron chi connectivity index (χ2n) is 5.84. The molecule has 23 heteroatoms. The average Bonchev–Trinajstić information content (AvgIpc) is 2.76. The maximum Gasteiger partial charge on any atom is 0.490 e. The highest BCUT2D eigenvalue weighted by Gasteiger charge is 2.72. The summed E-state index contributed by atoms with van der Waals surface area (Å²) in [6.45, 7) is 0. The maximum absolute atomic E-state index is 13.6. The van der Waals surface area contributed by atoms with E-state index < -0.39 is 58.6 Å². The number of aromatic amines is 1. The first-order valence-electron chi connectivity index (χ1n) is 7.45. The Morgan fingerprint density at radius 1 is 1.12 bits per heavy atom. The summed E-state index contributed by atoms with van der Waals surface area (Å²) in [5.74, 6) is 0. The molecule has 0 aliphatic carbocycles. The van der Waals surface area contributed by atoms with Crippen LogP contribution < -0.4 is 0 Å². The number of aliphatic hydroxyl groups is 2. The molecule has 1 fully saturated rings. The van der Waals surface area contributed by atoms with Crippen LogP contribution in [0.2, 0.25) is 0 Å². The Bertz CT molecular complexity index is 1140. The molecule has 1 saturated heterocycles. The van der Waals surface area contributed by atoms with E-state index in [0.717, 1.165) is 12.3 Å². The highest BCUT2D eigenvalue weighted by Crippen LogP contribution is 2.67. The second-order valence-corrected chi connectivity index (χ2v) is 11.0. The van der Waals surface area contributed by atoms with Crippen LogP contribution >= 0.6 is 47.9 Å². The number of halogens is 3. The lowest BCUT2D eigenvalue weighted by Crippen LogP contribution is -2.57. The molecule has 3 unspecified atom stereocenters. The second kappa shape index (κ2) is 8.99. The largest absolute Gasteiger partial charge is 0.490 e. The smallest absolute Gasteiger partial charge is 0.384 e. The summed E-state index contributed by atoms with van der Waals surface area (Å²) in [4.78, 5) is 37.8. The first-order valence-corrected chi connectivity index (χ1v) is 12.8. The Kier molecular flexibility index (Phi) is 7.82. The Balaban J connectivity index is 2.41. The molecule has 1 aliphatic heterocycles. The van der Waals surface area contributed by atoms with Crippen LogP contribution in [0.1, 0.15) is 6.23 Å². The van der Waals surface area contributed by atoms with Crippen LogP contribution in [-0.4, -0.2) is 63.5 Å². The molecule has 15 nitrogen and oxygen atoms in total. The molecule has 0 aromatic carbocycles. The van der Waals surface area contributed by atoms with Crippen LogP contribution in [0.5, 0.6) is 0 Å². The Hall–Kier alpha value is -0.400. The van der Waals surface area contributed by atoms with Gasteiger partial charge in [0.2, 0.25) is 11.9 Å². The summed E-state index contributed by atoms with van der Waals surface area (Å²) < 4.78 is 90.1. The molecule has 1 aliphatic rings. The fraction of sp³-hybridized carbons (Fsp3) is 0.556. The maximum atomic E-state index is 13.6. The molecule has 6 atom stereocenters. The third-order valence-electron chi connectivity index (χ3n) is 3.56. The lowest BCUT2D eigenvalue weighted by molar-refractivity contribution is -0.304. The van der Waals surface area contributed by atoms with Crippen LogP contribution in [0.3, 0.4) is 0 Å². The molecule has 32 heavy (non-hydrogen) atoms. The van der Waals surface area contributed by atoms with E-state index in [1.54, 1.807) is 0 Å². The van der Waals surface area contributed by atoms with Crippen molar-refractivity contribution in [2.45, 2.75) is 30.4 Å². The first-order chi connectivity index (χ1) is 14.2. The van der Waals surface area contributed by atoms with Crippen molar-refractivity contribution in [1.82, 2.24) is 9.55 Å². The van der Waals surface area contributed by atoms with Gasteiger partial charge in [-0.1, -0.05) is 12.2 Å². The number of hydrogen-bond donors (Lipinski definition) is 7. The standard InChI is InChI=1S/C9H12F3N2O13P3S2/c10-9(11,12)8(16)4(15)5(24-6(8)14-2-1-3(31)13-7(14)32)25-29(20,21)27-30(22,23)26-28(17,18)19/h1-2,4-6,15-16H,(H,20,21)(H,22,23)(H,13,31,32)(H2,17,18,19)/t4-,5+,6+,8?/m0/s1. The number of nitrogens with zero attached hydrogens (tertiary/aromatic N) is 1. The molecule has 7 N–H and O–H groups in total. The number of H-pyrrole nitrogens is 1. The van der Waals surface area contributed by atoms with Gasteiger partial charge >= 0.3 is 29.6 Å². The van der Waals surface area contributed by atoms with E-state index in [1.807, 2.05) is 0 Å². The van der Waals surface area contributed by atoms with Gasteiger partial charge in [0.1, 0.15) is 10.7 Å². The van der Waals surface area contributed by atoms with Crippen molar-refractivity contribution < 1.29 is 74.5 Å². The predicted octanol–water partition coefficient (Wildman–Crippen LogP) is 1.13. The predicted molar refractivity (Wildman–Crippen MR) is 96.3 cm³/mol. The summed E-state index contributed by atoms with van der Waals surface area (Å²) in [5, 5.41) is 20.2. The van der Waals surface area contributed by atoms with Gasteiger partial charge in [-0.25, -0.2) is 13.7 Å². The topological polar surface area (TPSA) is 230 Å². The van der Waals surface area contributed by atoms with E-state index in [1.165, 1.54) is 0 Å². The zero-order valence-electron chi connectivity index (χ0n) is 14.7. The minimum absolute atomic E-state index is 0.0369. The molecule has 184 valence electrons. The number of aromatic nitrogens is 2. The normalized spacial score (nSPS) is 30.6. The summed E-state index contributed by atoms with van der Waals surface area (Å²) in [6, 6.07) is 1.02. The Morgan fingerprint density at radius 2 is 1.69 bits per heavy atom. The molecule has 0 radical (unpaired) electrons. The van der Waals surface area contributed by atoms with Gasteiger partial charge in [0.15, 0.2) is 11.0 Å². The van der Waals surface area contributed by atoms with E-state index in [9.17, 15) is 42.0 Å². The van der Waals surface area contributed by atoms with Crippen molar-refractivity contribution in [1.29, 1.82) is 0 Å². The molecule has 0 amide bonds. The van der Waals surface area contributed by atoms with Crippen LogP contribution in [0.25, 0.3) is 0 Å². The SMILES string of the molecule is O=P(O)(O)OP(=O)(O)OP(=O)(O)O[C@H]1O[C@@H](n2ccc(=S)[nH]c2=S)C(O)(C(F)(F)F)[C@H]1O. The third-order valence-corrected chi connectivity index (χ3v) is 7.91. The van der Waals surface area contributed by atoms with Gasteiger partial charge in [-0.05, 0) is 18.3 Å². The zero-order valence-corrected chi connectivity index (χ0v) is 19.0. The molecule has 2 heterocycles. The summed E-state index contributed by atoms with van der Waals surface area (Å²) in [6.07, 6.45) is -13.5. The van der Waals surface area contributed by atoms with Gasteiger partial charge in [-0.3, -0.25) is 9.09 Å². The summed E-state index contributed by atoms with van der Waals surface area (Å²) in [7, 11) is -17.8. The minimum atomic E-state index is -6.04. The van der Waals surface area contributed by atoms with Gasteiger partial charge in [-0.2, -0.15) is 21.8 Å². The quantitative estimate of drug-likeness (QED) is 0.180. The number of ether oxygens (including phenoxy) is 1. The van der Waals surface area contributed by atoms with Gasteiger partial charge in [0, 0.05) is 6.20 Å². The van der Waals surface area contributed by atoms with Crippen LogP contribution in [0.4, 0.5) is 13.2 Å². The molecule has 1 aromatic heterocycles. The monoisotopic (exact) mass is 570 g/mol. The lowest BCUT2D eigenvalue weighted by atomic mass is 9.96. The van der Waals surface area contributed by atoms with Crippen LogP contribution in [0, 0.1) is 9.41 Å². The molecule has 1 aromatic rings. The van der Waals surface area contributed by atoms with E-state index in [0.29, 0.717) is 4.57 Å². The number of alkyl halides is 3. The molecule has 0 spiro atoms. The van der Waals surface area contributed by atoms with E-state index in [4.69, 9.17) is 43.9 Å². The van der Waals surface area contributed by atoms with Crippen molar-refractivity contribution in [3.63, 3.8) is 0 Å². The summed E-state index contributed by atoms with van der Waals surface area (Å²) in [5.41, 5.74) is -4.22. The highest BCUT2D eigenvalue weighted by molar-refractivity contribution is 7.72. The van der Waals surface area contributed by atoms with Crippen LogP contribution in [-0.2, 0) is 31.6 Å². The van der Waals surface area contributed by atoms with Crippen LogP contribution in [0.15, 0.2) is 12.3 Å². The van der Waals surface area contributed by atoms with Gasteiger partial charge < -0.3 is 39.5 Å². The first kappa shape index (κ1) is 27.8. The van der Waals surface area contributed by atoms with Crippen molar-refractivity contribution >= 4 is 47.9 Å². The van der Waals surface area contributed by atoms with E-state index >= 15 is 0 Å². The van der Waals surface area contributed by atoms with Crippen molar-refractivity contribution in [3.05, 3.63) is 21.7 Å². The van der Waals surface area contributed by atoms with Gasteiger partial charge in [-0.15, -0.1) is 0 Å². The number of phosphoric acid groups is 3. The van der Waals surface area contributed by atoms with E-state index in [2.05, 4.69) is 18.1 Å². The number of aliphatic hydroxyl groups excluding tert-OH is 1. The molecule has 0 bridgehead atoms. The Morgan fingerprint density at radius 3 is 2.16 bits per heavy atom. The fourth-order valence-electron chi connectivity index (χ4n) is 2.37. The average molecular weight is 570 g/mol. The van der Waals surface area contributed by atoms with E-state index in [-0.39, 0.29) is 4.64 Å². The number of rotatable bonds is 7. The molecule has 0 saturated carbocycles. The van der Waals surface area contributed by atoms with Crippen molar-refractivity contribution in [3.8, 4) is 0 Å². The fourth-order valence-corrected chi connectivity index (χ4v) is 5.94. The third kappa shape index (κ3) is 6.18. The Labute approximate surface area is 184 Å². The van der Waals surface area contributed by atoms with Crippen molar-refractivity contribution in [2.75, 3.05) is 0 Å². The number of phosphoric ester groups is 1. The molecular formula is C9H12F3N2O13P3S2. The number of hydrogen-bond acceptors (Lipinski definition) is 11.